The summed E-state index contributed by atoms with van der Waals surface area (Å²) in [6, 6.07) is 11.0. The van der Waals surface area contributed by atoms with E-state index in [0.717, 1.165) is 16.8 Å². The van der Waals surface area contributed by atoms with Gasteiger partial charge in [-0.1, -0.05) is 23.9 Å². The highest BCUT2D eigenvalue weighted by molar-refractivity contribution is 7.99. The minimum atomic E-state index is -0.298. The zero-order valence-corrected chi connectivity index (χ0v) is 22.4. The zero-order chi connectivity index (χ0) is 26.4. The summed E-state index contributed by atoms with van der Waals surface area (Å²) in [4.78, 5) is 29.4. The smallest absolute Gasteiger partial charge is 0.251 e. The fraction of sp³-hybridized carbons (Fsp3) is 0.240. The van der Waals surface area contributed by atoms with E-state index < -0.39 is 0 Å². The molecular formula is C25H26N6O4S2. The number of aromatic nitrogens is 4. The number of aryl methyl sites for hydroxylation is 2. The van der Waals surface area contributed by atoms with Gasteiger partial charge in [-0.2, -0.15) is 0 Å². The number of rotatable bonds is 10. The molecule has 2 heterocycles. The molecule has 0 bridgehead atoms. The van der Waals surface area contributed by atoms with Crippen LogP contribution in [0.25, 0.3) is 5.69 Å². The van der Waals surface area contributed by atoms with E-state index in [-0.39, 0.29) is 24.1 Å². The van der Waals surface area contributed by atoms with Crippen molar-refractivity contribution in [3.05, 3.63) is 70.5 Å². The fourth-order valence-electron chi connectivity index (χ4n) is 3.52. The standard InChI is InChI=1S/C25H26N6O4S2/c1-15-5-6-16(2)18(11-15)31-21(13-27-23(33)17-7-8-19(34-3)20(12-17)35-4)29-30-25(31)37-14-22(32)28-24-26-9-10-36-24/h5-12H,13-14H2,1-4H3,(H,27,33)(H,26,28,32). The Bertz CT molecular complexity index is 1400. The van der Waals surface area contributed by atoms with Gasteiger partial charge in [-0.25, -0.2) is 4.98 Å². The first-order valence-electron chi connectivity index (χ1n) is 11.2. The Morgan fingerprint density at radius 3 is 2.59 bits per heavy atom. The molecule has 10 nitrogen and oxygen atoms in total. The van der Waals surface area contributed by atoms with Gasteiger partial charge in [0, 0.05) is 17.1 Å². The number of hydrogen-bond donors (Lipinski definition) is 2. The number of methoxy groups -OCH3 is 2. The van der Waals surface area contributed by atoms with E-state index in [4.69, 9.17) is 9.47 Å². The molecule has 2 amide bonds. The molecule has 12 heteroatoms. The molecule has 0 aliphatic carbocycles. The van der Waals surface area contributed by atoms with E-state index in [1.165, 1.54) is 37.3 Å². The molecule has 2 aromatic carbocycles. The lowest BCUT2D eigenvalue weighted by Crippen LogP contribution is -2.25. The molecular weight excluding hydrogens is 512 g/mol. The lowest BCUT2D eigenvalue weighted by atomic mass is 10.1. The minimum absolute atomic E-state index is 0.124. The Morgan fingerprint density at radius 2 is 1.86 bits per heavy atom. The van der Waals surface area contributed by atoms with Crippen LogP contribution in [-0.4, -0.2) is 51.5 Å². The Labute approximate surface area is 222 Å². The van der Waals surface area contributed by atoms with Crippen LogP contribution < -0.4 is 20.1 Å². The number of benzene rings is 2. The monoisotopic (exact) mass is 538 g/mol. The van der Waals surface area contributed by atoms with Crippen LogP contribution in [0.1, 0.15) is 27.3 Å². The second-order valence-corrected chi connectivity index (χ2v) is 9.79. The molecule has 0 radical (unpaired) electrons. The number of nitrogens with zero attached hydrogens (tertiary/aromatic N) is 4. The molecule has 0 aliphatic rings. The second-order valence-electron chi connectivity index (χ2n) is 7.95. The van der Waals surface area contributed by atoms with Gasteiger partial charge in [0.2, 0.25) is 5.91 Å². The predicted octanol–water partition coefficient (Wildman–Crippen LogP) is 4.02. The van der Waals surface area contributed by atoms with Crippen LogP contribution in [0, 0.1) is 13.8 Å². The number of thiazole rings is 1. The SMILES string of the molecule is COc1ccc(C(=O)NCc2nnc(SCC(=O)Nc3nccs3)n2-c2cc(C)ccc2C)cc1OC. The van der Waals surface area contributed by atoms with Crippen molar-refractivity contribution in [3.63, 3.8) is 0 Å². The molecule has 192 valence electrons. The first-order chi connectivity index (χ1) is 17.9. The Morgan fingerprint density at radius 1 is 1.05 bits per heavy atom. The summed E-state index contributed by atoms with van der Waals surface area (Å²) in [6.07, 6.45) is 1.63. The van der Waals surface area contributed by atoms with Gasteiger partial charge in [0.15, 0.2) is 27.6 Å². The van der Waals surface area contributed by atoms with Crippen molar-refractivity contribution in [2.24, 2.45) is 0 Å². The van der Waals surface area contributed by atoms with Gasteiger partial charge in [0.1, 0.15) is 0 Å². The summed E-state index contributed by atoms with van der Waals surface area (Å²) in [7, 11) is 3.05. The van der Waals surface area contributed by atoms with Crippen LogP contribution in [-0.2, 0) is 11.3 Å². The first kappa shape index (κ1) is 26.2. The maximum absolute atomic E-state index is 12.9. The highest BCUT2D eigenvalue weighted by Crippen LogP contribution is 2.28. The fourth-order valence-corrected chi connectivity index (χ4v) is 4.83. The summed E-state index contributed by atoms with van der Waals surface area (Å²) in [5.41, 5.74) is 3.37. The third-order valence-corrected chi connectivity index (χ3v) is 6.99. The third kappa shape index (κ3) is 6.27. The topological polar surface area (TPSA) is 120 Å². The zero-order valence-electron chi connectivity index (χ0n) is 20.8. The van der Waals surface area contributed by atoms with Crippen LogP contribution >= 0.6 is 23.1 Å². The van der Waals surface area contributed by atoms with Crippen LogP contribution in [0.5, 0.6) is 11.5 Å². The van der Waals surface area contributed by atoms with Gasteiger partial charge in [-0.15, -0.1) is 21.5 Å². The number of anilines is 1. The lowest BCUT2D eigenvalue weighted by molar-refractivity contribution is -0.113. The number of nitrogens with one attached hydrogen (secondary N) is 2. The van der Waals surface area contributed by atoms with E-state index in [1.807, 2.05) is 36.6 Å². The molecule has 2 aromatic heterocycles. The predicted molar refractivity (Wildman–Crippen MR) is 143 cm³/mol. The summed E-state index contributed by atoms with van der Waals surface area (Å²) in [5.74, 6) is 1.16. The average molecular weight is 539 g/mol. The highest BCUT2D eigenvalue weighted by atomic mass is 32.2. The number of amides is 2. The molecule has 37 heavy (non-hydrogen) atoms. The van der Waals surface area contributed by atoms with Gasteiger partial charge in [-0.3, -0.25) is 14.2 Å². The van der Waals surface area contributed by atoms with Crippen molar-refractivity contribution in [1.29, 1.82) is 0 Å². The van der Waals surface area contributed by atoms with Gasteiger partial charge in [0.05, 0.1) is 32.2 Å². The van der Waals surface area contributed by atoms with Gasteiger partial charge in [0.25, 0.3) is 5.91 Å². The molecule has 4 aromatic rings. The molecule has 0 atom stereocenters. The van der Waals surface area contributed by atoms with Crippen LogP contribution in [0.2, 0.25) is 0 Å². The Hall–Kier alpha value is -3.90. The van der Waals surface area contributed by atoms with Crippen LogP contribution in [0.15, 0.2) is 53.1 Å². The van der Waals surface area contributed by atoms with Gasteiger partial charge in [-0.05, 0) is 49.2 Å². The molecule has 0 unspecified atom stereocenters. The number of carbonyl (C=O) groups excluding carboxylic acids is 2. The largest absolute Gasteiger partial charge is 0.493 e. The normalized spacial score (nSPS) is 10.7. The summed E-state index contributed by atoms with van der Waals surface area (Å²) < 4.78 is 12.4. The molecule has 4 rings (SSSR count). The van der Waals surface area contributed by atoms with Crippen molar-refractivity contribution < 1.29 is 19.1 Å². The van der Waals surface area contributed by atoms with E-state index >= 15 is 0 Å². The summed E-state index contributed by atoms with van der Waals surface area (Å²) in [6.45, 7) is 4.11. The van der Waals surface area contributed by atoms with Crippen molar-refractivity contribution in [2.75, 3.05) is 25.3 Å². The van der Waals surface area contributed by atoms with E-state index in [0.29, 0.717) is 33.2 Å². The van der Waals surface area contributed by atoms with Crippen molar-refractivity contribution in [2.45, 2.75) is 25.5 Å². The minimum Gasteiger partial charge on any atom is -0.493 e. The average Bonchev–Trinajstić information content (AvgIpc) is 3.56. The summed E-state index contributed by atoms with van der Waals surface area (Å²) in [5, 5.41) is 17.2. The highest BCUT2D eigenvalue weighted by Gasteiger charge is 2.19. The second kappa shape index (κ2) is 11.9. The van der Waals surface area contributed by atoms with E-state index in [1.54, 1.807) is 29.8 Å². The summed E-state index contributed by atoms with van der Waals surface area (Å²) >= 11 is 2.61. The van der Waals surface area contributed by atoms with Gasteiger partial charge < -0.3 is 20.1 Å². The molecule has 0 saturated carbocycles. The van der Waals surface area contributed by atoms with Crippen molar-refractivity contribution in [1.82, 2.24) is 25.1 Å². The van der Waals surface area contributed by atoms with Crippen LogP contribution in [0.3, 0.4) is 0 Å². The molecule has 0 fully saturated rings. The van der Waals surface area contributed by atoms with E-state index in [9.17, 15) is 9.59 Å². The van der Waals surface area contributed by atoms with Gasteiger partial charge >= 0.3 is 0 Å². The van der Waals surface area contributed by atoms with E-state index in [2.05, 4.69) is 25.8 Å². The molecule has 0 spiro atoms. The Kier molecular flexibility index (Phi) is 8.41. The molecule has 0 saturated heterocycles. The maximum atomic E-state index is 12.9. The Balaban J connectivity index is 1.55. The van der Waals surface area contributed by atoms with Crippen molar-refractivity contribution in [3.8, 4) is 17.2 Å². The molecule has 2 N–H and O–H groups in total. The number of ether oxygens (including phenoxy) is 2. The first-order valence-corrected chi connectivity index (χ1v) is 13.1. The third-order valence-electron chi connectivity index (χ3n) is 5.37. The number of carbonyl (C=O) groups is 2. The van der Waals surface area contributed by atoms with Crippen molar-refractivity contribution >= 4 is 40.0 Å². The number of thioether (sulfide) groups is 1. The lowest BCUT2D eigenvalue weighted by Gasteiger charge is -2.14. The molecule has 0 aliphatic heterocycles. The van der Waals surface area contributed by atoms with Crippen LogP contribution in [0.4, 0.5) is 5.13 Å². The quantitative estimate of drug-likeness (QED) is 0.291. The number of hydrogen-bond acceptors (Lipinski definition) is 9. The maximum Gasteiger partial charge on any atom is 0.251 e.